The fourth-order valence-electron chi connectivity index (χ4n) is 2.78. The van der Waals surface area contributed by atoms with Gasteiger partial charge in [0.25, 0.3) is 0 Å². The number of Topliss-reactive ketones (excluding diaryl/α,β-unsaturated/α-hetero) is 1. The van der Waals surface area contributed by atoms with Gasteiger partial charge in [-0.25, -0.2) is 8.78 Å². The summed E-state index contributed by atoms with van der Waals surface area (Å²) in [6.45, 7) is 0.150. The predicted molar refractivity (Wildman–Crippen MR) is 74.9 cm³/mol. The number of fused-ring (bicyclic) bond motifs is 2. The number of carbonyl (C=O) groups is 1. The number of ether oxygens (including phenoxy) is 2. The van der Waals surface area contributed by atoms with Crippen LogP contribution < -0.4 is 9.47 Å². The average Bonchev–Trinajstić information content (AvgIpc) is 3.01. The molecule has 0 atom stereocenters. The second-order valence-corrected chi connectivity index (χ2v) is 5.24. The van der Waals surface area contributed by atoms with Crippen LogP contribution in [0.3, 0.4) is 0 Å². The van der Waals surface area contributed by atoms with Crippen LogP contribution in [-0.4, -0.2) is 12.6 Å². The van der Waals surface area contributed by atoms with Gasteiger partial charge in [-0.3, -0.25) is 4.79 Å². The molecule has 5 heteroatoms. The number of allylic oxidation sites excluding steroid dienone is 1. The summed E-state index contributed by atoms with van der Waals surface area (Å²) in [7, 11) is 0. The number of benzene rings is 2. The van der Waals surface area contributed by atoms with Crippen molar-refractivity contribution in [3.8, 4) is 11.5 Å². The molecule has 0 fully saturated rings. The number of hydrogen-bond donors (Lipinski definition) is 0. The van der Waals surface area contributed by atoms with E-state index >= 15 is 0 Å². The van der Waals surface area contributed by atoms with Gasteiger partial charge in [0.2, 0.25) is 6.79 Å². The number of rotatable bonds is 1. The second kappa shape index (κ2) is 4.66. The number of hydrogen-bond acceptors (Lipinski definition) is 3. The SMILES string of the molecule is O=C1/C(=C/c2cc(F)cc(F)c2)Cc2cc3c(cc21)OCO3. The first-order chi connectivity index (χ1) is 10.6. The highest BCUT2D eigenvalue weighted by Gasteiger charge is 2.28. The Morgan fingerprint density at radius 2 is 1.64 bits per heavy atom. The lowest BCUT2D eigenvalue weighted by molar-refractivity contribution is 0.104. The highest BCUT2D eigenvalue weighted by molar-refractivity contribution is 6.15. The summed E-state index contributed by atoms with van der Waals surface area (Å²) in [5.41, 5.74) is 2.20. The summed E-state index contributed by atoms with van der Waals surface area (Å²) in [6, 6.07) is 6.62. The Kier molecular flexibility index (Phi) is 2.76. The molecule has 0 N–H and O–H groups in total. The van der Waals surface area contributed by atoms with Crippen LogP contribution in [0.5, 0.6) is 11.5 Å². The van der Waals surface area contributed by atoms with Crippen molar-refractivity contribution in [2.45, 2.75) is 6.42 Å². The molecule has 0 bridgehead atoms. The van der Waals surface area contributed by atoms with E-state index in [0.29, 0.717) is 34.6 Å². The van der Waals surface area contributed by atoms with Crippen molar-refractivity contribution in [2.75, 3.05) is 6.79 Å². The topological polar surface area (TPSA) is 35.5 Å². The number of ketones is 1. The molecule has 0 saturated carbocycles. The van der Waals surface area contributed by atoms with Gasteiger partial charge in [-0.15, -0.1) is 0 Å². The van der Waals surface area contributed by atoms with E-state index in [9.17, 15) is 13.6 Å². The first kappa shape index (κ1) is 13.0. The summed E-state index contributed by atoms with van der Waals surface area (Å²) >= 11 is 0. The van der Waals surface area contributed by atoms with E-state index in [2.05, 4.69) is 0 Å². The van der Waals surface area contributed by atoms with Gasteiger partial charge in [0.1, 0.15) is 11.6 Å². The van der Waals surface area contributed by atoms with Crippen molar-refractivity contribution in [1.82, 2.24) is 0 Å². The van der Waals surface area contributed by atoms with Gasteiger partial charge in [0.15, 0.2) is 17.3 Å². The maximum atomic E-state index is 13.2. The van der Waals surface area contributed by atoms with E-state index in [0.717, 1.165) is 11.6 Å². The molecule has 110 valence electrons. The van der Waals surface area contributed by atoms with E-state index in [1.165, 1.54) is 18.2 Å². The van der Waals surface area contributed by atoms with Crippen LogP contribution in [-0.2, 0) is 6.42 Å². The molecule has 22 heavy (non-hydrogen) atoms. The molecule has 1 aliphatic carbocycles. The smallest absolute Gasteiger partial charge is 0.231 e. The second-order valence-electron chi connectivity index (χ2n) is 5.24. The standard InChI is InChI=1S/C17H10F2O3/c18-12-2-9(3-13(19)6-12)1-11-4-10-5-15-16(22-8-21-15)7-14(10)17(11)20/h1-3,5-7H,4,8H2/b11-1+. The van der Waals surface area contributed by atoms with Crippen molar-refractivity contribution in [3.05, 3.63) is 64.2 Å². The lowest BCUT2D eigenvalue weighted by atomic mass is 10.1. The van der Waals surface area contributed by atoms with Crippen molar-refractivity contribution >= 4 is 11.9 Å². The molecule has 2 aromatic carbocycles. The Balaban J connectivity index is 1.73. The fourth-order valence-corrected chi connectivity index (χ4v) is 2.78. The molecular formula is C17H10F2O3. The third kappa shape index (κ3) is 2.06. The quantitative estimate of drug-likeness (QED) is 0.756. The summed E-state index contributed by atoms with van der Waals surface area (Å²) in [6.07, 6.45) is 1.92. The third-order valence-electron chi connectivity index (χ3n) is 3.74. The molecule has 0 radical (unpaired) electrons. The number of carbonyl (C=O) groups excluding carboxylic acids is 1. The Morgan fingerprint density at radius 1 is 0.955 bits per heavy atom. The average molecular weight is 300 g/mol. The van der Waals surface area contributed by atoms with Crippen molar-refractivity contribution in [3.63, 3.8) is 0 Å². The van der Waals surface area contributed by atoms with Gasteiger partial charge in [-0.1, -0.05) is 0 Å². The Morgan fingerprint density at radius 3 is 2.36 bits per heavy atom. The molecule has 3 nitrogen and oxygen atoms in total. The van der Waals surface area contributed by atoms with E-state index in [-0.39, 0.29) is 12.6 Å². The summed E-state index contributed by atoms with van der Waals surface area (Å²) < 4.78 is 37.0. The molecule has 0 saturated heterocycles. The maximum absolute atomic E-state index is 13.2. The lowest BCUT2D eigenvalue weighted by Gasteiger charge is -1.99. The van der Waals surface area contributed by atoms with E-state index in [4.69, 9.17) is 9.47 Å². The van der Waals surface area contributed by atoms with Crippen LogP contribution in [0, 0.1) is 11.6 Å². The molecule has 1 aliphatic heterocycles. The Labute approximate surface area is 124 Å². The minimum atomic E-state index is -0.671. The molecule has 0 aromatic heterocycles. The van der Waals surface area contributed by atoms with Crippen LogP contribution in [0.15, 0.2) is 35.9 Å². The number of halogens is 2. The van der Waals surface area contributed by atoms with Crippen molar-refractivity contribution in [2.24, 2.45) is 0 Å². The highest BCUT2D eigenvalue weighted by Crippen LogP contribution is 2.39. The van der Waals surface area contributed by atoms with Crippen molar-refractivity contribution < 1.29 is 23.0 Å². The lowest BCUT2D eigenvalue weighted by Crippen LogP contribution is -1.96. The summed E-state index contributed by atoms with van der Waals surface area (Å²) in [5.74, 6) is -0.334. The van der Waals surface area contributed by atoms with Crippen molar-refractivity contribution in [1.29, 1.82) is 0 Å². The highest BCUT2D eigenvalue weighted by atomic mass is 19.1. The fraction of sp³-hybridized carbons (Fsp3) is 0.118. The maximum Gasteiger partial charge on any atom is 0.231 e. The first-order valence-corrected chi connectivity index (χ1v) is 6.74. The largest absolute Gasteiger partial charge is 0.454 e. The molecule has 0 spiro atoms. The van der Waals surface area contributed by atoms with Gasteiger partial charge < -0.3 is 9.47 Å². The van der Waals surface area contributed by atoms with Crippen LogP contribution in [0.2, 0.25) is 0 Å². The minimum Gasteiger partial charge on any atom is -0.454 e. The van der Waals surface area contributed by atoms with Gasteiger partial charge in [-0.05, 0) is 41.5 Å². The predicted octanol–water partition coefficient (Wildman–Crippen LogP) is 3.52. The molecule has 4 rings (SSSR count). The summed E-state index contributed by atoms with van der Waals surface area (Å²) in [4.78, 5) is 12.4. The van der Waals surface area contributed by atoms with Crippen LogP contribution in [0.1, 0.15) is 21.5 Å². The first-order valence-electron chi connectivity index (χ1n) is 6.74. The molecule has 1 heterocycles. The van der Waals surface area contributed by atoms with Crippen LogP contribution >= 0.6 is 0 Å². The molecular weight excluding hydrogens is 290 g/mol. The van der Waals surface area contributed by atoms with E-state index in [1.54, 1.807) is 12.1 Å². The van der Waals surface area contributed by atoms with Gasteiger partial charge in [0.05, 0.1) is 0 Å². The van der Waals surface area contributed by atoms with Gasteiger partial charge >= 0.3 is 0 Å². The zero-order valence-electron chi connectivity index (χ0n) is 11.4. The Bertz CT molecular complexity index is 820. The molecule has 0 unspecified atom stereocenters. The van der Waals surface area contributed by atoms with E-state index < -0.39 is 11.6 Å². The zero-order chi connectivity index (χ0) is 15.3. The van der Waals surface area contributed by atoms with Crippen LogP contribution in [0.25, 0.3) is 6.08 Å². The van der Waals surface area contributed by atoms with E-state index in [1.807, 2.05) is 0 Å². The normalized spacial score (nSPS) is 17.2. The molecule has 2 aromatic rings. The van der Waals surface area contributed by atoms with Crippen LogP contribution in [0.4, 0.5) is 8.78 Å². The molecule has 0 amide bonds. The Hall–Kier alpha value is -2.69. The van der Waals surface area contributed by atoms with Gasteiger partial charge in [0, 0.05) is 23.6 Å². The molecule has 2 aliphatic rings. The monoisotopic (exact) mass is 300 g/mol. The van der Waals surface area contributed by atoms with Gasteiger partial charge in [-0.2, -0.15) is 0 Å². The minimum absolute atomic E-state index is 0.150. The summed E-state index contributed by atoms with van der Waals surface area (Å²) in [5, 5.41) is 0. The third-order valence-corrected chi connectivity index (χ3v) is 3.74. The zero-order valence-corrected chi connectivity index (χ0v) is 11.4.